The third kappa shape index (κ3) is 10.6. The summed E-state index contributed by atoms with van der Waals surface area (Å²) in [6.07, 6.45) is -5.31. The molecular weight excluding hydrogens is 662 g/mol. The number of nitrogens with zero attached hydrogens (tertiary/aromatic N) is 1. The number of ether oxygens (including phenoxy) is 5. The molecule has 1 aliphatic carbocycles. The number of rotatable bonds is 16. The molecule has 6 unspecified atom stereocenters. The Hall–Kier alpha value is -4.74. The molecule has 10 heteroatoms. The number of aliphatic carboxylic acids is 1. The third-order valence-electron chi connectivity index (χ3n) is 8.94. The van der Waals surface area contributed by atoms with Crippen LogP contribution in [0.5, 0.6) is 5.75 Å². The zero-order valence-corrected chi connectivity index (χ0v) is 30.2. The van der Waals surface area contributed by atoms with Crippen LogP contribution in [-0.4, -0.2) is 70.3 Å². The maximum atomic E-state index is 14.4. The van der Waals surface area contributed by atoms with Gasteiger partial charge in [-0.3, -0.25) is 9.69 Å². The number of carbonyl (C=O) groups excluding carboxylic acids is 1. The molecule has 0 aromatic heterocycles. The maximum absolute atomic E-state index is 14.4. The Morgan fingerprint density at radius 1 is 0.673 bits per heavy atom. The SMILES string of the molecule is COc1ccc(CN(C(=O)OC(C)(C)C)C2C(OCc3ccccc3)C(OCc3ccccc3)C(OCc3ccccc3)C2C(O)CC(=O)O)cc1. The summed E-state index contributed by atoms with van der Waals surface area (Å²) in [7, 11) is 1.58. The minimum atomic E-state index is -1.45. The van der Waals surface area contributed by atoms with Crippen LogP contribution in [0.4, 0.5) is 4.79 Å². The van der Waals surface area contributed by atoms with Crippen molar-refractivity contribution in [3.05, 3.63) is 138 Å². The van der Waals surface area contributed by atoms with Gasteiger partial charge < -0.3 is 33.9 Å². The smallest absolute Gasteiger partial charge is 0.410 e. The Labute approximate surface area is 305 Å². The zero-order valence-electron chi connectivity index (χ0n) is 30.2. The largest absolute Gasteiger partial charge is 0.497 e. The highest BCUT2D eigenvalue weighted by Gasteiger charge is 2.59. The summed E-state index contributed by atoms with van der Waals surface area (Å²) in [6.45, 7) is 5.89. The van der Waals surface area contributed by atoms with E-state index in [1.165, 1.54) is 4.90 Å². The quantitative estimate of drug-likeness (QED) is 0.126. The van der Waals surface area contributed by atoms with Gasteiger partial charge in [-0.15, -0.1) is 0 Å². The summed E-state index contributed by atoms with van der Waals surface area (Å²) in [6, 6.07) is 35.2. The molecule has 0 radical (unpaired) electrons. The second-order valence-corrected chi connectivity index (χ2v) is 14.0. The van der Waals surface area contributed by atoms with Gasteiger partial charge in [-0.1, -0.05) is 103 Å². The molecule has 0 spiro atoms. The number of amides is 1. The van der Waals surface area contributed by atoms with Crippen LogP contribution in [0.15, 0.2) is 115 Å². The van der Waals surface area contributed by atoms with E-state index in [9.17, 15) is 19.8 Å². The summed E-state index contributed by atoms with van der Waals surface area (Å²) in [5.41, 5.74) is 2.56. The van der Waals surface area contributed by atoms with E-state index in [0.29, 0.717) is 5.75 Å². The van der Waals surface area contributed by atoms with Crippen molar-refractivity contribution < 1.29 is 43.5 Å². The molecule has 276 valence electrons. The fraction of sp³-hybridized carbons (Fsp3) is 0.381. The third-order valence-corrected chi connectivity index (χ3v) is 8.94. The lowest BCUT2D eigenvalue weighted by atomic mass is 9.90. The number of aliphatic hydroxyl groups is 1. The topological polar surface area (TPSA) is 124 Å². The maximum Gasteiger partial charge on any atom is 0.410 e. The molecule has 0 aliphatic heterocycles. The van der Waals surface area contributed by atoms with E-state index in [0.717, 1.165) is 22.3 Å². The van der Waals surface area contributed by atoms with Gasteiger partial charge in [0, 0.05) is 12.5 Å². The molecule has 2 N–H and O–H groups in total. The molecule has 1 amide bonds. The van der Waals surface area contributed by atoms with E-state index in [1.807, 2.05) is 103 Å². The highest BCUT2D eigenvalue weighted by atomic mass is 16.6. The van der Waals surface area contributed by atoms with Crippen molar-refractivity contribution in [2.75, 3.05) is 7.11 Å². The number of carboxylic acids is 1. The second kappa shape index (κ2) is 18.1. The molecule has 4 aromatic carbocycles. The molecule has 0 heterocycles. The Kier molecular flexibility index (Phi) is 13.4. The Morgan fingerprint density at radius 2 is 1.13 bits per heavy atom. The van der Waals surface area contributed by atoms with Gasteiger partial charge in [0.05, 0.1) is 51.6 Å². The van der Waals surface area contributed by atoms with Crippen LogP contribution in [-0.2, 0) is 50.1 Å². The van der Waals surface area contributed by atoms with Crippen LogP contribution < -0.4 is 4.74 Å². The first-order chi connectivity index (χ1) is 25.0. The van der Waals surface area contributed by atoms with Crippen molar-refractivity contribution >= 4 is 12.1 Å². The van der Waals surface area contributed by atoms with Crippen LogP contribution in [0.2, 0.25) is 0 Å². The highest BCUT2D eigenvalue weighted by molar-refractivity contribution is 5.69. The van der Waals surface area contributed by atoms with Crippen molar-refractivity contribution in [3.8, 4) is 5.75 Å². The molecule has 0 saturated heterocycles. The van der Waals surface area contributed by atoms with Gasteiger partial charge in [-0.05, 0) is 55.2 Å². The fourth-order valence-electron chi connectivity index (χ4n) is 6.59. The van der Waals surface area contributed by atoms with Crippen LogP contribution in [0.1, 0.15) is 49.4 Å². The summed E-state index contributed by atoms with van der Waals surface area (Å²) in [5.74, 6) is -1.51. The molecule has 52 heavy (non-hydrogen) atoms. The van der Waals surface area contributed by atoms with Crippen molar-refractivity contribution in [3.63, 3.8) is 0 Å². The molecule has 4 aromatic rings. The van der Waals surface area contributed by atoms with E-state index < -0.39 is 60.5 Å². The number of hydrogen-bond acceptors (Lipinski definition) is 8. The van der Waals surface area contributed by atoms with Gasteiger partial charge in [0.15, 0.2) is 0 Å². The molecular formula is C42H49NO9. The van der Waals surface area contributed by atoms with Gasteiger partial charge >= 0.3 is 12.1 Å². The van der Waals surface area contributed by atoms with Crippen LogP contribution in [0.25, 0.3) is 0 Å². The highest BCUT2D eigenvalue weighted by Crippen LogP contribution is 2.42. The Bertz CT molecular complexity index is 1680. The zero-order chi connectivity index (χ0) is 37.1. The van der Waals surface area contributed by atoms with E-state index in [1.54, 1.807) is 40.0 Å². The fourth-order valence-corrected chi connectivity index (χ4v) is 6.59. The van der Waals surface area contributed by atoms with Crippen LogP contribution >= 0.6 is 0 Å². The van der Waals surface area contributed by atoms with E-state index in [2.05, 4.69) is 0 Å². The van der Waals surface area contributed by atoms with Gasteiger partial charge in [0.2, 0.25) is 0 Å². The molecule has 1 aliphatic rings. The molecule has 1 fully saturated rings. The number of benzene rings is 4. The first kappa shape index (κ1) is 38.5. The number of hydrogen-bond donors (Lipinski definition) is 2. The van der Waals surface area contributed by atoms with Gasteiger partial charge in [-0.2, -0.15) is 0 Å². The lowest BCUT2D eigenvalue weighted by molar-refractivity contribution is -0.144. The Morgan fingerprint density at radius 3 is 1.58 bits per heavy atom. The minimum absolute atomic E-state index is 0.0574. The summed E-state index contributed by atoms with van der Waals surface area (Å²) < 4.78 is 31.5. The Balaban J connectivity index is 1.64. The van der Waals surface area contributed by atoms with Crippen molar-refractivity contribution in [2.24, 2.45) is 5.92 Å². The second-order valence-electron chi connectivity index (χ2n) is 14.0. The number of carboxylic acid groups (broad SMARTS) is 1. The lowest BCUT2D eigenvalue weighted by Gasteiger charge is -2.39. The minimum Gasteiger partial charge on any atom is -0.497 e. The average molecular weight is 712 g/mol. The summed E-state index contributed by atoms with van der Waals surface area (Å²) >= 11 is 0. The van der Waals surface area contributed by atoms with Crippen molar-refractivity contribution in [1.29, 1.82) is 0 Å². The molecule has 10 nitrogen and oxygen atoms in total. The number of methoxy groups -OCH3 is 1. The van der Waals surface area contributed by atoms with Crippen molar-refractivity contribution in [1.82, 2.24) is 4.90 Å². The molecule has 1 saturated carbocycles. The predicted octanol–water partition coefficient (Wildman–Crippen LogP) is 7.02. The number of carbonyl (C=O) groups is 2. The molecule has 0 bridgehead atoms. The molecule has 5 rings (SSSR count). The van der Waals surface area contributed by atoms with Crippen LogP contribution in [0.3, 0.4) is 0 Å². The lowest BCUT2D eigenvalue weighted by Crippen LogP contribution is -2.53. The predicted molar refractivity (Wildman–Crippen MR) is 195 cm³/mol. The number of aliphatic hydroxyl groups excluding tert-OH is 1. The average Bonchev–Trinajstić information content (AvgIpc) is 3.44. The normalized spacial score (nSPS) is 20.6. The summed E-state index contributed by atoms with van der Waals surface area (Å²) in [4.78, 5) is 28.1. The van der Waals surface area contributed by atoms with Gasteiger partial charge in [0.1, 0.15) is 23.6 Å². The monoisotopic (exact) mass is 711 g/mol. The molecule has 6 atom stereocenters. The first-order valence-electron chi connectivity index (χ1n) is 17.5. The van der Waals surface area contributed by atoms with Gasteiger partial charge in [0.25, 0.3) is 0 Å². The first-order valence-corrected chi connectivity index (χ1v) is 17.5. The summed E-state index contributed by atoms with van der Waals surface area (Å²) in [5, 5.41) is 21.9. The standard InChI is InChI=1S/C42H49NO9/c1-42(2,3)52-41(47)43(25-29-20-22-33(48-4)23-21-29)37-36(34(44)24-35(45)46)38(49-26-30-14-8-5-9-15-30)40(51-28-32-18-12-7-13-19-32)39(37)50-27-31-16-10-6-11-17-31/h5-23,34,36-40,44H,24-28H2,1-4H3,(H,45,46). The van der Waals surface area contributed by atoms with Gasteiger partial charge in [-0.25, -0.2) is 4.79 Å². The van der Waals surface area contributed by atoms with E-state index >= 15 is 0 Å². The van der Waals surface area contributed by atoms with E-state index in [-0.39, 0.29) is 26.4 Å². The van der Waals surface area contributed by atoms with Crippen LogP contribution in [0, 0.1) is 5.92 Å². The van der Waals surface area contributed by atoms with Crippen molar-refractivity contribution in [2.45, 2.75) is 89.6 Å². The van der Waals surface area contributed by atoms with E-state index in [4.69, 9.17) is 23.7 Å².